The zero-order chi connectivity index (χ0) is 9.90. The van der Waals surface area contributed by atoms with Gasteiger partial charge in [-0.3, -0.25) is 0 Å². The van der Waals surface area contributed by atoms with E-state index in [0.717, 1.165) is 19.3 Å². The lowest BCUT2D eigenvalue weighted by molar-refractivity contribution is 0.860. The summed E-state index contributed by atoms with van der Waals surface area (Å²) >= 11 is 0. The Morgan fingerprint density at radius 1 is 0.714 bits per heavy atom. The zero-order valence-corrected chi connectivity index (χ0v) is 8.78. The average molecular weight is 187 g/mol. The summed E-state index contributed by atoms with van der Waals surface area (Å²) in [5, 5.41) is 0. The van der Waals surface area contributed by atoms with Gasteiger partial charge in [0.25, 0.3) is 0 Å². The van der Waals surface area contributed by atoms with Gasteiger partial charge in [-0.05, 0) is 44.6 Å². The van der Waals surface area contributed by atoms with Crippen LogP contribution in [0.1, 0.15) is 38.5 Å². The van der Waals surface area contributed by atoms with E-state index in [-0.39, 0.29) is 0 Å². The number of rotatable bonds is 0. The van der Waals surface area contributed by atoms with Crippen LogP contribution in [0.25, 0.3) is 0 Å². The molecule has 14 heavy (non-hydrogen) atoms. The van der Waals surface area contributed by atoms with Gasteiger partial charge in [-0.2, -0.15) is 0 Å². The summed E-state index contributed by atoms with van der Waals surface area (Å²) in [4.78, 5) is 0. The first-order valence-electron chi connectivity index (χ1n) is 5.53. The maximum absolute atomic E-state index is 3.17. The molecular formula is C14H19. The normalized spacial score (nSPS) is 28.6. The van der Waals surface area contributed by atoms with Crippen molar-refractivity contribution in [1.29, 1.82) is 0 Å². The van der Waals surface area contributed by atoms with Gasteiger partial charge in [0, 0.05) is 0 Å². The molecule has 0 amide bonds. The van der Waals surface area contributed by atoms with Crippen molar-refractivity contribution in [3.05, 3.63) is 48.6 Å². The Hall–Kier alpha value is -1.04. The largest absolute Gasteiger partial charge is 0.0885 e. The van der Waals surface area contributed by atoms with Gasteiger partial charge in [0.15, 0.2) is 0 Å². The quantitative estimate of drug-likeness (QED) is 0.494. The van der Waals surface area contributed by atoms with Crippen LogP contribution in [0.2, 0.25) is 0 Å². The molecule has 0 aromatic carbocycles. The van der Waals surface area contributed by atoms with E-state index in [4.69, 9.17) is 0 Å². The Morgan fingerprint density at radius 2 is 1.50 bits per heavy atom. The molecule has 0 saturated carbocycles. The van der Waals surface area contributed by atoms with Gasteiger partial charge in [0.05, 0.1) is 0 Å². The van der Waals surface area contributed by atoms with Gasteiger partial charge in [-0.25, -0.2) is 0 Å². The van der Waals surface area contributed by atoms with E-state index in [1.165, 1.54) is 19.3 Å². The summed E-state index contributed by atoms with van der Waals surface area (Å²) < 4.78 is 0. The minimum atomic E-state index is 1.04. The van der Waals surface area contributed by atoms with Crippen molar-refractivity contribution in [2.75, 3.05) is 0 Å². The fourth-order valence-corrected chi connectivity index (χ4v) is 1.35. The number of hydrogen-bond acceptors (Lipinski definition) is 0. The van der Waals surface area contributed by atoms with E-state index < -0.39 is 0 Å². The van der Waals surface area contributed by atoms with Crippen LogP contribution < -0.4 is 0 Å². The smallest absolute Gasteiger partial charge is 0.0166 e. The molecule has 75 valence electrons. The topological polar surface area (TPSA) is 0 Å². The molecule has 0 heterocycles. The highest BCUT2D eigenvalue weighted by molar-refractivity contribution is 5.00. The molecule has 1 aliphatic carbocycles. The molecule has 0 atom stereocenters. The molecule has 0 heteroatoms. The second-order valence-corrected chi connectivity index (χ2v) is 3.46. The second kappa shape index (κ2) is 8.55. The third-order valence-electron chi connectivity index (χ3n) is 2.16. The first kappa shape index (κ1) is 11.0. The van der Waals surface area contributed by atoms with Crippen LogP contribution in [0.5, 0.6) is 0 Å². The lowest BCUT2D eigenvalue weighted by Crippen LogP contribution is -1.71. The molecule has 1 radical (unpaired) electrons. The van der Waals surface area contributed by atoms with E-state index in [1.54, 1.807) is 0 Å². The molecule has 0 saturated heterocycles. The van der Waals surface area contributed by atoms with Crippen molar-refractivity contribution in [3.63, 3.8) is 0 Å². The van der Waals surface area contributed by atoms with Gasteiger partial charge < -0.3 is 0 Å². The van der Waals surface area contributed by atoms with Crippen molar-refractivity contribution < 1.29 is 0 Å². The molecule has 0 nitrogen and oxygen atoms in total. The van der Waals surface area contributed by atoms with Crippen LogP contribution in [0.4, 0.5) is 0 Å². The monoisotopic (exact) mass is 187 g/mol. The van der Waals surface area contributed by atoms with Crippen LogP contribution in [0.3, 0.4) is 0 Å². The van der Waals surface area contributed by atoms with Crippen molar-refractivity contribution in [1.82, 2.24) is 0 Å². The summed E-state index contributed by atoms with van der Waals surface area (Å²) in [5.41, 5.74) is 0. The molecule has 0 bridgehead atoms. The minimum absolute atomic E-state index is 1.04. The van der Waals surface area contributed by atoms with Gasteiger partial charge >= 0.3 is 0 Å². The molecular weight excluding hydrogens is 168 g/mol. The predicted molar refractivity (Wildman–Crippen MR) is 62.9 cm³/mol. The van der Waals surface area contributed by atoms with E-state index in [2.05, 4.69) is 42.5 Å². The van der Waals surface area contributed by atoms with E-state index in [0.29, 0.717) is 0 Å². The third-order valence-corrected chi connectivity index (χ3v) is 2.16. The fourth-order valence-electron chi connectivity index (χ4n) is 1.35. The van der Waals surface area contributed by atoms with Crippen molar-refractivity contribution in [2.24, 2.45) is 0 Å². The summed E-state index contributed by atoms with van der Waals surface area (Å²) in [6.07, 6.45) is 25.5. The van der Waals surface area contributed by atoms with Crippen molar-refractivity contribution >= 4 is 0 Å². The maximum Gasteiger partial charge on any atom is -0.0166 e. The molecule has 0 aliphatic heterocycles. The molecule has 0 aromatic rings. The Labute approximate surface area is 87.7 Å². The Morgan fingerprint density at radius 3 is 2.43 bits per heavy atom. The summed E-state index contributed by atoms with van der Waals surface area (Å²) in [6, 6.07) is 0. The third kappa shape index (κ3) is 6.47. The van der Waals surface area contributed by atoms with Crippen LogP contribution in [0, 0.1) is 6.08 Å². The molecule has 1 rings (SSSR count). The van der Waals surface area contributed by atoms with Gasteiger partial charge in [0.2, 0.25) is 0 Å². The van der Waals surface area contributed by atoms with Crippen LogP contribution in [0.15, 0.2) is 42.5 Å². The molecule has 1 aliphatic rings. The first-order valence-corrected chi connectivity index (χ1v) is 5.53. The lowest BCUT2D eigenvalue weighted by Gasteiger charge is -1.91. The van der Waals surface area contributed by atoms with Crippen LogP contribution >= 0.6 is 0 Å². The lowest BCUT2D eigenvalue weighted by atomic mass is 10.2. The molecule has 0 spiro atoms. The highest BCUT2D eigenvalue weighted by Gasteiger charge is 1.82. The van der Waals surface area contributed by atoms with Gasteiger partial charge in [-0.15, -0.1) is 0 Å². The standard InChI is InChI=1S/C14H19/c1-2-4-6-8-10-12-14-13-11-9-7-5-3-1/h1-2,5,7,10-12H,3-4,6,8,13-14H2/b2-1-,7-5-,11-9?,12-10+. The summed E-state index contributed by atoms with van der Waals surface area (Å²) in [5.74, 6) is 0. The van der Waals surface area contributed by atoms with Gasteiger partial charge in [-0.1, -0.05) is 42.5 Å². The first-order chi connectivity index (χ1) is 7.00. The van der Waals surface area contributed by atoms with E-state index >= 15 is 0 Å². The second-order valence-electron chi connectivity index (χ2n) is 3.46. The van der Waals surface area contributed by atoms with Crippen LogP contribution in [-0.4, -0.2) is 0 Å². The Bertz CT molecular complexity index is 228. The summed E-state index contributed by atoms with van der Waals surface area (Å²) in [7, 11) is 0. The fraction of sp³-hybridized carbons (Fsp3) is 0.429. The average Bonchev–Trinajstić information content (AvgIpc) is 2.22. The van der Waals surface area contributed by atoms with Crippen LogP contribution in [-0.2, 0) is 0 Å². The highest BCUT2D eigenvalue weighted by Crippen LogP contribution is 2.02. The van der Waals surface area contributed by atoms with E-state index in [9.17, 15) is 0 Å². The van der Waals surface area contributed by atoms with E-state index in [1.807, 2.05) is 6.08 Å². The predicted octanol–water partition coefficient (Wildman–Crippen LogP) is 4.37. The number of hydrogen-bond donors (Lipinski definition) is 0. The van der Waals surface area contributed by atoms with Gasteiger partial charge in [0.1, 0.15) is 0 Å². The molecule has 0 unspecified atom stereocenters. The SMILES string of the molecule is [C]1=C/CC/C=C/CCC/C=C\C\C=C/1. The maximum atomic E-state index is 3.17. The summed E-state index contributed by atoms with van der Waals surface area (Å²) in [6.45, 7) is 0. The zero-order valence-electron chi connectivity index (χ0n) is 8.78. The highest BCUT2D eigenvalue weighted by atomic mass is 13.9. The molecule has 0 aromatic heterocycles. The minimum Gasteiger partial charge on any atom is -0.0885 e. The van der Waals surface area contributed by atoms with Crippen molar-refractivity contribution in [2.45, 2.75) is 38.5 Å². The Balaban J connectivity index is 2.35. The molecule has 0 N–H and O–H groups in total. The molecule has 0 fully saturated rings. The van der Waals surface area contributed by atoms with Crippen molar-refractivity contribution in [3.8, 4) is 0 Å². The Kier molecular flexibility index (Phi) is 6.74. The number of allylic oxidation sites excluding steroid dienone is 8.